The third-order valence-corrected chi connectivity index (χ3v) is 4.00. The molecule has 0 spiro atoms. The van der Waals surface area contributed by atoms with E-state index in [1.165, 1.54) is 20.8 Å². The average molecular weight is 380 g/mol. The highest BCUT2D eigenvalue weighted by Gasteiger charge is 2.49. The van der Waals surface area contributed by atoms with E-state index in [9.17, 15) is 14.4 Å². The van der Waals surface area contributed by atoms with Crippen LogP contribution in [0.2, 0.25) is 0 Å². The number of para-hydroxylation sites is 1. The van der Waals surface area contributed by atoms with Crippen LogP contribution >= 0.6 is 0 Å². The summed E-state index contributed by atoms with van der Waals surface area (Å²) >= 11 is 0. The van der Waals surface area contributed by atoms with Crippen molar-refractivity contribution in [3.05, 3.63) is 30.3 Å². The molecule has 148 valence electrons. The molecular formula is C19H24O8. The molecule has 0 saturated carbocycles. The number of esters is 3. The first kappa shape index (κ1) is 20.7. The lowest BCUT2D eigenvalue weighted by Crippen LogP contribution is -2.59. The van der Waals surface area contributed by atoms with Crippen molar-refractivity contribution in [1.29, 1.82) is 0 Å². The summed E-state index contributed by atoms with van der Waals surface area (Å²) in [5.41, 5.74) is 0. The summed E-state index contributed by atoms with van der Waals surface area (Å²) in [4.78, 5) is 34.4. The van der Waals surface area contributed by atoms with Gasteiger partial charge in [-0.05, 0) is 12.1 Å². The Labute approximate surface area is 157 Å². The molecule has 8 nitrogen and oxygen atoms in total. The van der Waals surface area contributed by atoms with Gasteiger partial charge in [0.15, 0.2) is 6.10 Å². The molecule has 0 bridgehead atoms. The molecule has 3 unspecified atom stereocenters. The maximum Gasteiger partial charge on any atom is 0.303 e. The molecule has 0 aromatic heterocycles. The largest absolute Gasteiger partial charge is 0.464 e. The highest BCUT2D eigenvalue weighted by Crippen LogP contribution is 2.32. The first-order valence-electron chi connectivity index (χ1n) is 8.63. The van der Waals surface area contributed by atoms with Crippen LogP contribution in [0, 0.1) is 5.92 Å². The van der Waals surface area contributed by atoms with E-state index in [0.29, 0.717) is 5.75 Å². The Hall–Kier alpha value is -2.61. The van der Waals surface area contributed by atoms with Gasteiger partial charge in [-0.25, -0.2) is 0 Å². The van der Waals surface area contributed by atoms with E-state index in [-0.39, 0.29) is 6.61 Å². The van der Waals surface area contributed by atoms with Crippen molar-refractivity contribution in [2.75, 3.05) is 6.61 Å². The molecule has 8 heteroatoms. The molecule has 0 N–H and O–H groups in total. The first-order valence-corrected chi connectivity index (χ1v) is 8.63. The topological polar surface area (TPSA) is 97.4 Å². The zero-order valence-electron chi connectivity index (χ0n) is 15.7. The normalized spacial score (nSPS) is 27.3. The van der Waals surface area contributed by atoms with Crippen LogP contribution < -0.4 is 4.74 Å². The standard InChI is InChI=1S/C19H24O8/c1-11-17(24-13(3)21)18(25-14(4)22)16(10-23-12(2)20)27-19(11)26-15-8-6-5-7-9-15/h5-9,11,16-19H,10H2,1-4H3/t11?,16?,17?,18-,19-/m1/s1. The van der Waals surface area contributed by atoms with Crippen molar-refractivity contribution < 1.29 is 38.1 Å². The van der Waals surface area contributed by atoms with Crippen LogP contribution in [-0.4, -0.2) is 49.1 Å². The van der Waals surface area contributed by atoms with E-state index >= 15 is 0 Å². The van der Waals surface area contributed by atoms with Gasteiger partial charge in [-0.1, -0.05) is 25.1 Å². The second-order valence-corrected chi connectivity index (χ2v) is 6.28. The molecule has 0 amide bonds. The van der Waals surface area contributed by atoms with Crippen LogP contribution in [-0.2, 0) is 33.3 Å². The predicted octanol–water partition coefficient (Wildman–Crippen LogP) is 1.85. The average Bonchev–Trinajstić information content (AvgIpc) is 2.59. The van der Waals surface area contributed by atoms with Gasteiger partial charge in [0.05, 0.1) is 5.92 Å². The summed E-state index contributed by atoms with van der Waals surface area (Å²) in [5, 5.41) is 0. The predicted molar refractivity (Wildman–Crippen MR) is 92.6 cm³/mol. The monoisotopic (exact) mass is 380 g/mol. The molecule has 1 saturated heterocycles. The number of hydrogen-bond acceptors (Lipinski definition) is 8. The van der Waals surface area contributed by atoms with Gasteiger partial charge in [0.25, 0.3) is 0 Å². The fourth-order valence-corrected chi connectivity index (χ4v) is 2.84. The maximum atomic E-state index is 11.6. The molecular weight excluding hydrogens is 356 g/mol. The lowest BCUT2D eigenvalue weighted by molar-refractivity contribution is -0.267. The quantitative estimate of drug-likeness (QED) is 0.545. The number of carbonyl (C=O) groups is 3. The van der Waals surface area contributed by atoms with Crippen molar-refractivity contribution in [2.24, 2.45) is 5.92 Å². The Balaban J connectivity index is 2.27. The van der Waals surface area contributed by atoms with Crippen molar-refractivity contribution in [3.8, 4) is 5.75 Å². The van der Waals surface area contributed by atoms with Gasteiger partial charge in [-0.15, -0.1) is 0 Å². The van der Waals surface area contributed by atoms with Gasteiger partial charge in [0.2, 0.25) is 6.29 Å². The van der Waals surface area contributed by atoms with Crippen molar-refractivity contribution >= 4 is 17.9 Å². The Kier molecular flexibility index (Phi) is 7.18. The van der Waals surface area contributed by atoms with E-state index in [1.54, 1.807) is 19.1 Å². The second kappa shape index (κ2) is 9.36. The summed E-state index contributed by atoms with van der Waals surface area (Å²) in [6.45, 7) is 5.35. The number of benzene rings is 1. The molecule has 1 aliphatic rings. The fourth-order valence-electron chi connectivity index (χ4n) is 2.84. The van der Waals surface area contributed by atoms with Crippen LogP contribution in [0.5, 0.6) is 5.75 Å². The van der Waals surface area contributed by atoms with E-state index < -0.39 is 48.4 Å². The van der Waals surface area contributed by atoms with Crippen molar-refractivity contribution in [1.82, 2.24) is 0 Å². The lowest BCUT2D eigenvalue weighted by Gasteiger charge is -2.43. The zero-order chi connectivity index (χ0) is 20.0. The number of hydrogen-bond donors (Lipinski definition) is 0. The third-order valence-electron chi connectivity index (χ3n) is 4.00. The first-order chi connectivity index (χ1) is 12.8. The minimum absolute atomic E-state index is 0.174. The molecule has 0 aliphatic carbocycles. The van der Waals surface area contributed by atoms with Crippen LogP contribution in [0.1, 0.15) is 27.7 Å². The Morgan fingerprint density at radius 1 is 0.926 bits per heavy atom. The Morgan fingerprint density at radius 3 is 2.07 bits per heavy atom. The summed E-state index contributed by atoms with van der Waals surface area (Å²) < 4.78 is 27.6. The van der Waals surface area contributed by atoms with Crippen LogP contribution in [0.4, 0.5) is 0 Å². The van der Waals surface area contributed by atoms with Gasteiger partial charge in [0.1, 0.15) is 24.6 Å². The molecule has 1 fully saturated rings. The molecule has 5 atom stereocenters. The molecule has 1 aliphatic heterocycles. The zero-order valence-corrected chi connectivity index (χ0v) is 15.7. The molecule has 1 aromatic carbocycles. The van der Waals surface area contributed by atoms with Crippen LogP contribution in [0.25, 0.3) is 0 Å². The minimum atomic E-state index is -0.934. The molecule has 1 heterocycles. The Morgan fingerprint density at radius 2 is 1.52 bits per heavy atom. The fraction of sp³-hybridized carbons (Fsp3) is 0.526. The third kappa shape index (κ3) is 5.96. The van der Waals surface area contributed by atoms with Crippen LogP contribution in [0.3, 0.4) is 0 Å². The molecule has 2 rings (SSSR count). The summed E-state index contributed by atoms with van der Waals surface area (Å²) in [6, 6.07) is 8.99. The van der Waals surface area contributed by atoms with Gasteiger partial charge < -0.3 is 23.7 Å². The number of ether oxygens (including phenoxy) is 5. The van der Waals surface area contributed by atoms with Gasteiger partial charge in [-0.2, -0.15) is 0 Å². The summed E-state index contributed by atoms with van der Waals surface area (Å²) in [5.74, 6) is -1.50. The number of carbonyl (C=O) groups excluding carboxylic acids is 3. The van der Waals surface area contributed by atoms with Gasteiger partial charge in [0, 0.05) is 20.8 Å². The van der Waals surface area contributed by atoms with E-state index in [2.05, 4.69) is 0 Å². The number of rotatable bonds is 6. The van der Waals surface area contributed by atoms with E-state index in [1.807, 2.05) is 18.2 Å². The minimum Gasteiger partial charge on any atom is -0.464 e. The smallest absolute Gasteiger partial charge is 0.303 e. The lowest BCUT2D eigenvalue weighted by atomic mass is 9.92. The highest BCUT2D eigenvalue weighted by molar-refractivity contribution is 5.67. The van der Waals surface area contributed by atoms with Gasteiger partial charge in [-0.3, -0.25) is 14.4 Å². The van der Waals surface area contributed by atoms with Crippen molar-refractivity contribution in [2.45, 2.75) is 52.3 Å². The molecule has 1 aromatic rings. The summed E-state index contributed by atoms with van der Waals surface area (Å²) in [7, 11) is 0. The second-order valence-electron chi connectivity index (χ2n) is 6.28. The SMILES string of the molecule is CC(=O)OCC1O[C@@H](Oc2ccccc2)C(C)C(OC(C)=O)[C@@H]1OC(C)=O. The van der Waals surface area contributed by atoms with E-state index in [4.69, 9.17) is 23.7 Å². The van der Waals surface area contributed by atoms with E-state index in [0.717, 1.165) is 0 Å². The highest BCUT2D eigenvalue weighted by atomic mass is 16.7. The molecule has 0 radical (unpaired) electrons. The van der Waals surface area contributed by atoms with Crippen LogP contribution in [0.15, 0.2) is 30.3 Å². The van der Waals surface area contributed by atoms with Crippen molar-refractivity contribution in [3.63, 3.8) is 0 Å². The summed E-state index contributed by atoms with van der Waals surface area (Å²) in [6.07, 6.45) is -3.41. The molecule has 27 heavy (non-hydrogen) atoms. The Bertz CT molecular complexity index is 659. The van der Waals surface area contributed by atoms with Gasteiger partial charge >= 0.3 is 17.9 Å². The maximum absolute atomic E-state index is 11.6.